The molecule has 0 atom stereocenters. The maximum absolute atomic E-state index is 5.27. The zero-order valence-electron chi connectivity index (χ0n) is 29.1. The summed E-state index contributed by atoms with van der Waals surface area (Å²) < 4.78 is 4.77. The summed E-state index contributed by atoms with van der Waals surface area (Å²) >= 11 is 0. The fourth-order valence-electron chi connectivity index (χ4n) is 8.16. The number of para-hydroxylation sites is 4. The monoisotopic (exact) mass is 689 g/mol. The summed E-state index contributed by atoms with van der Waals surface area (Å²) in [7, 11) is 0. The molecular weight excluding hydrogens is 659 g/mol. The molecule has 3 heterocycles. The largest absolute Gasteiger partial charge is 0.309 e. The van der Waals surface area contributed by atoms with E-state index in [-0.39, 0.29) is 0 Å². The van der Waals surface area contributed by atoms with Gasteiger partial charge in [0.05, 0.1) is 27.8 Å². The summed E-state index contributed by atoms with van der Waals surface area (Å²) in [6.45, 7) is 0. The molecule has 252 valence electrons. The summed E-state index contributed by atoms with van der Waals surface area (Å²) in [6.07, 6.45) is 0. The van der Waals surface area contributed by atoms with Crippen molar-refractivity contribution in [3.05, 3.63) is 188 Å². The van der Waals surface area contributed by atoms with Crippen molar-refractivity contribution in [1.82, 2.24) is 24.1 Å². The van der Waals surface area contributed by atoms with Crippen molar-refractivity contribution < 1.29 is 0 Å². The molecule has 0 aliphatic carbocycles. The van der Waals surface area contributed by atoms with E-state index < -0.39 is 0 Å². The van der Waals surface area contributed by atoms with Crippen LogP contribution in [0.5, 0.6) is 0 Å². The van der Waals surface area contributed by atoms with E-state index in [2.05, 4.69) is 179 Å². The van der Waals surface area contributed by atoms with E-state index >= 15 is 0 Å². The van der Waals surface area contributed by atoms with Crippen molar-refractivity contribution in [2.24, 2.45) is 0 Å². The third kappa shape index (κ3) is 4.69. The minimum absolute atomic E-state index is 0.618. The number of rotatable bonds is 5. The normalized spacial score (nSPS) is 11.7. The molecule has 0 spiro atoms. The molecule has 5 nitrogen and oxygen atoms in total. The van der Waals surface area contributed by atoms with Gasteiger partial charge in [-0.3, -0.25) is 0 Å². The molecule has 5 heteroatoms. The molecule has 0 radical (unpaired) electrons. The lowest BCUT2D eigenvalue weighted by atomic mass is 10.0. The van der Waals surface area contributed by atoms with Crippen LogP contribution in [0.2, 0.25) is 0 Å². The fraction of sp³-hybridized carbons (Fsp3) is 0. The minimum atomic E-state index is 0.618. The van der Waals surface area contributed by atoms with E-state index in [4.69, 9.17) is 15.0 Å². The molecule has 3 aromatic heterocycles. The van der Waals surface area contributed by atoms with Crippen LogP contribution in [0.3, 0.4) is 0 Å². The van der Waals surface area contributed by atoms with E-state index in [1.54, 1.807) is 0 Å². The smallest absolute Gasteiger partial charge is 0.166 e. The Morgan fingerprint density at radius 1 is 0.315 bits per heavy atom. The summed E-state index contributed by atoms with van der Waals surface area (Å²) in [5, 5.41) is 7.09. The van der Waals surface area contributed by atoms with Gasteiger partial charge < -0.3 is 9.13 Å². The Kier molecular flexibility index (Phi) is 6.79. The molecule has 0 amide bonds. The Hall–Kier alpha value is -7.37. The Morgan fingerprint density at radius 3 is 1.59 bits per heavy atom. The van der Waals surface area contributed by atoms with Gasteiger partial charge in [0.1, 0.15) is 0 Å². The Bertz CT molecular complexity index is 3210. The zero-order chi connectivity index (χ0) is 35.6. The first kappa shape index (κ1) is 30.3. The lowest BCUT2D eigenvalue weighted by Gasteiger charge is -2.15. The van der Waals surface area contributed by atoms with Gasteiger partial charge in [-0.2, -0.15) is 0 Å². The van der Waals surface area contributed by atoms with Gasteiger partial charge in [-0.25, -0.2) is 15.0 Å². The maximum Gasteiger partial charge on any atom is 0.166 e. The van der Waals surface area contributed by atoms with Crippen molar-refractivity contribution in [1.29, 1.82) is 0 Å². The van der Waals surface area contributed by atoms with Gasteiger partial charge >= 0.3 is 0 Å². The first-order valence-electron chi connectivity index (χ1n) is 18.2. The second kappa shape index (κ2) is 12.1. The quantitative estimate of drug-likeness (QED) is 0.181. The van der Waals surface area contributed by atoms with E-state index in [1.165, 1.54) is 27.1 Å². The van der Waals surface area contributed by atoms with Crippen molar-refractivity contribution in [3.63, 3.8) is 0 Å². The molecule has 8 aromatic carbocycles. The van der Waals surface area contributed by atoms with Gasteiger partial charge in [-0.1, -0.05) is 140 Å². The van der Waals surface area contributed by atoms with E-state index in [1.807, 2.05) is 18.2 Å². The number of benzene rings is 8. The van der Waals surface area contributed by atoms with Crippen LogP contribution in [-0.4, -0.2) is 24.1 Å². The predicted molar refractivity (Wildman–Crippen MR) is 222 cm³/mol. The van der Waals surface area contributed by atoms with E-state index in [9.17, 15) is 0 Å². The molecule has 54 heavy (non-hydrogen) atoms. The zero-order valence-corrected chi connectivity index (χ0v) is 29.1. The molecule has 0 bridgehead atoms. The third-order valence-corrected chi connectivity index (χ3v) is 10.6. The van der Waals surface area contributed by atoms with Crippen LogP contribution in [0.15, 0.2) is 188 Å². The number of aromatic nitrogens is 5. The Balaban J connectivity index is 1.21. The van der Waals surface area contributed by atoms with Gasteiger partial charge in [0.15, 0.2) is 17.5 Å². The molecule has 11 rings (SSSR count). The summed E-state index contributed by atoms with van der Waals surface area (Å²) in [6, 6.07) is 66.1. The van der Waals surface area contributed by atoms with Crippen molar-refractivity contribution >= 4 is 54.4 Å². The van der Waals surface area contributed by atoms with Gasteiger partial charge in [0.2, 0.25) is 0 Å². The maximum atomic E-state index is 5.27. The molecule has 0 aliphatic rings. The predicted octanol–water partition coefficient (Wildman–Crippen LogP) is 12.2. The average Bonchev–Trinajstić information content (AvgIpc) is 3.75. The van der Waals surface area contributed by atoms with Crippen LogP contribution in [0.1, 0.15) is 0 Å². The Labute approximate surface area is 311 Å². The molecule has 0 saturated heterocycles. The summed E-state index contributed by atoms with van der Waals surface area (Å²) in [4.78, 5) is 15.6. The highest BCUT2D eigenvalue weighted by Crippen LogP contribution is 2.41. The third-order valence-electron chi connectivity index (χ3n) is 10.6. The SMILES string of the molecule is c1ccc(-c2nc(-c3ccccc3-n3c4ccccc4c4cc5c6ccccc6n(-c6ccccc6)c5cc43)nc(-c3cccc4ccccc34)n2)cc1. The standard InChI is InChI=1S/C49H31N5/c1-3-17-33(18-4-1)47-50-48(38-26-15-19-32-16-7-8-22-35(32)38)52-49(51-47)39-25-11-14-29-44(39)54-43-28-13-10-24-37(43)41-30-40-36-23-9-12-27-42(36)53(45(40)31-46(41)54)34-20-5-2-6-21-34/h1-31H. The highest BCUT2D eigenvalue weighted by Gasteiger charge is 2.22. The van der Waals surface area contributed by atoms with Crippen LogP contribution in [0.25, 0.3) is 99.9 Å². The minimum Gasteiger partial charge on any atom is -0.309 e. The second-order valence-electron chi connectivity index (χ2n) is 13.6. The number of hydrogen-bond donors (Lipinski definition) is 0. The van der Waals surface area contributed by atoms with Crippen molar-refractivity contribution in [2.45, 2.75) is 0 Å². The van der Waals surface area contributed by atoms with Gasteiger partial charge in [-0.15, -0.1) is 0 Å². The highest BCUT2D eigenvalue weighted by atomic mass is 15.1. The van der Waals surface area contributed by atoms with Gasteiger partial charge in [0.25, 0.3) is 0 Å². The van der Waals surface area contributed by atoms with Crippen LogP contribution >= 0.6 is 0 Å². The van der Waals surface area contributed by atoms with E-state index in [0.29, 0.717) is 17.5 Å². The van der Waals surface area contributed by atoms with Crippen molar-refractivity contribution in [2.75, 3.05) is 0 Å². The highest BCUT2D eigenvalue weighted by molar-refractivity contribution is 6.19. The first-order valence-corrected chi connectivity index (χ1v) is 18.2. The molecular formula is C49H31N5. The average molecular weight is 690 g/mol. The molecule has 0 saturated carbocycles. The Morgan fingerprint density at radius 2 is 0.833 bits per heavy atom. The number of nitrogens with zero attached hydrogens (tertiary/aromatic N) is 5. The van der Waals surface area contributed by atoms with Crippen LogP contribution < -0.4 is 0 Å². The topological polar surface area (TPSA) is 48.5 Å². The van der Waals surface area contributed by atoms with Crippen LogP contribution in [-0.2, 0) is 0 Å². The summed E-state index contributed by atoms with van der Waals surface area (Å²) in [5.41, 5.74) is 9.53. The van der Waals surface area contributed by atoms with Crippen molar-refractivity contribution in [3.8, 4) is 45.5 Å². The van der Waals surface area contributed by atoms with E-state index in [0.717, 1.165) is 55.4 Å². The first-order chi connectivity index (χ1) is 26.8. The van der Waals surface area contributed by atoms with Crippen LogP contribution in [0, 0.1) is 0 Å². The van der Waals surface area contributed by atoms with Gasteiger partial charge in [-0.05, 0) is 59.3 Å². The van der Waals surface area contributed by atoms with Crippen LogP contribution in [0.4, 0.5) is 0 Å². The lowest BCUT2D eigenvalue weighted by molar-refractivity contribution is 1.07. The second-order valence-corrected chi connectivity index (χ2v) is 13.6. The number of hydrogen-bond acceptors (Lipinski definition) is 3. The lowest BCUT2D eigenvalue weighted by Crippen LogP contribution is -2.04. The van der Waals surface area contributed by atoms with Gasteiger partial charge in [0, 0.05) is 43.9 Å². The molecule has 0 fully saturated rings. The fourth-order valence-corrected chi connectivity index (χ4v) is 8.16. The molecule has 0 aliphatic heterocycles. The number of fused-ring (bicyclic) bond motifs is 7. The molecule has 0 N–H and O–H groups in total. The summed E-state index contributed by atoms with van der Waals surface area (Å²) in [5.74, 6) is 1.89. The molecule has 0 unspecified atom stereocenters. The molecule has 11 aromatic rings.